The number of fused-ring (bicyclic) bond motifs is 1. The van der Waals surface area contributed by atoms with Gasteiger partial charge in [0.1, 0.15) is 12.0 Å². The maximum atomic E-state index is 11.8. The lowest BCUT2D eigenvalue weighted by atomic mass is 9.94. The van der Waals surface area contributed by atoms with E-state index in [1.165, 1.54) is 6.42 Å². The molecule has 5 heteroatoms. The van der Waals surface area contributed by atoms with Crippen LogP contribution in [0, 0.1) is 17.8 Å². The molecule has 0 bridgehead atoms. The van der Waals surface area contributed by atoms with Crippen molar-refractivity contribution in [2.24, 2.45) is 17.8 Å². The van der Waals surface area contributed by atoms with Crippen LogP contribution in [0.25, 0.3) is 0 Å². The molecule has 3 rings (SSSR count). The molecule has 1 saturated heterocycles. The van der Waals surface area contributed by atoms with Crippen LogP contribution in [0.4, 0.5) is 5.82 Å². The number of rotatable bonds is 1. The summed E-state index contributed by atoms with van der Waals surface area (Å²) < 4.78 is 7.62. The molecule has 0 unspecified atom stereocenters. The quantitative estimate of drug-likeness (QED) is 0.816. The second-order valence-corrected chi connectivity index (χ2v) is 5.69. The van der Waals surface area contributed by atoms with E-state index < -0.39 is 0 Å². The van der Waals surface area contributed by atoms with E-state index in [1.807, 2.05) is 0 Å². The molecule has 0 spiro atoms. The Bertz CT molecular complexity index is 497. The van der Waals surface area contributed by atoms with Crippen molar-refractivity contribution >= 4 is 5.82 Å². The zero-order valence-electron chi connectivity index (χ0n) is 10.7. The molecule has 5 atom stereocenters. The van der Waals surface area contributed by atoms with Gasteiger partial charge < -0.3 is 10.5 Å². The molecule has 2 heterocycles. The van der Waals surface area contributed by atoms with Gasteiger partial charge in [0, 0.05) is 6.20 Å². The second-order valence-electron chi connectivity index (χ2n) is 5.69. The predicted molar refractivity (Wildman–Crippen MR) is 67.9 cm³/mol. The first-order chi connectivity index (χ1) is 8.56. The summed E-state index contributed by atoms with van der Waals surface area (Å²) >= 11 is 0. The molecule has 0 radical (unpaired) electrons. The van der Waals surface area contributed by atoms with E-state index in [2.05, 4.69) is 18.8 Å². The van der Waals surface area contributed by atoms with Crippen LogP contribution in [0.5, 0.6) is 0 Å². The highest BCUT2D eigenvalue weighted by Crippen LogP contribution is 2.48. The van der Waals surface area contributed by atoms with Crippen LogP contribution in [0.15, 0.2) is 17.1 Å². The number of hydrogen-bond donors (Lipinski definition) is 1. The van der Waals surface area contributed by atoms with Gasteiger partial charge in [-0.05, 0) is 36.7 Å². The van der Waals surface area contributed by atoms with Gasteiger partial charge >= 0.3 is 5.69 Å². The zero-order valence-corrected chi connectivity index (χ0v) is 10.7. The summed E-state index contributed by atoms with van der Waals surface area (Å²) in [5.41, 5.74) is 5.18. The molecule has 1 aromatic rings. The summed E-state index contributed by atoms with van der Waals surface area (Å²) in [5.74, 6) is 2.07. The molecule has 1 aromatic heterocycles. The lowest BCUT2D eigenvalue weighted by molar-refractivity contribution is -0.0217. The summed E-state index contributed by atoms with van der Waals surface area (Å²) in [6.45, 7) is 4.50. The fraction of sp³-hybridized carbons (Fsp3) is 0.692. The van der Waals surface area contributed by atoms with Gasteiger partial charge in [-0.3, -0.25) is 4.57 Å². The lowest BCUT2D eigenvalue weighted by Gasteiger charge is -2.17. The van der Waals surface area contributed by atoms with Gasteiger partial charge in [-0.1, -0.05) is 13.8 Å². The maximum Gasteiger partial charge on any atom is 0.351 e. The molecular weight excluding hydrogens is 230 g/mol. The molecule has 1 aliphatic carbocycles. The van der Waals surface area contributed by atoms with Crippen molar-refractivity contribution in [2.75, 3.05) is 5.73 Å². The van der Waals surface area contributed by atoms with Gasteiger partial charge in [-0.15, -0.1) is 0 Å². The van der Waals surface area contributed by atoms with Crippen molar-refractivity contribution in [1.82, 2.24) is 9.55 Å². The van der Waals surface area contributed by atoms with E-state index in [0.717, 1.165) is 6.42 Å². The number of nitrogens with zero attached hydrogens (tertiary/aromatic N) is 2. The second kappa shape index (κ2) is 4.09. The van der Waals surface area contributed by atoms with Crippen LogP contribution in [0.1, 0.15) is 32.9 Å². The van der Waals surface area contributed by atoms with Gasteiger partial charge in [0.25, 0.3) is 0 Å². The molecule has 0 aromatic carbocycles. The van der Waals surface area contributed by atoms with E-state index in [9.17, 15) is 4.79 Å². The summed E-state index contributed by atoms with van der Waals surface area (Å²) in [4.78, 5) is 15.6. The van der Waals surface area contributed by atoms with Crippen molar-refractivity contribution < 1.29 is 4.74 Å². The van der Waals surface area contributed by atoms with Crippen LogP contribution in [0.3, 0.4) is 0 Å². The van der Waals surface area contributed by atoms with Crippen molar-refractivity contribution in [3.63, 3.8) is 0 Å². The maximum absolute atomic E-state index is 11.8. The van der Waals surface area contributed by atoms with Crippen LogP contribution < -0.4 is 11.4 Å². The van der Waals surface area contributed by atoms with Crippen molar-refractivity contribution in [3.05, 3.63) is 22.7 Å². The number of hydrogen-bond acceptors (Lipinski definition) is 4. The molecule has 18 heavy (non-hydrogen) atoms. The van der Waals surface area contributed by atoms with Gasteiger partial charge in [0.15, 0.2) is 0 Å². The van der Waals surface area contributed by atoms with Crippen molar-refractivity contribution in [3.8, 4) is 0 Å². The first-order valence-electron chi connectivity index (χ1n) is 6.56. The molecule has 2 N–H and O–H groups in total. The molecule has 5 nitrogen and oxygen atoms in total. The van der Waals surface area contributed by atoms with E-state index in [0.29, 0.717) is 17.8 Å². The zero-order chi connectivity index (χ0) is 12.9. The summed E-state index contributed by atoms with van der Waals surface area (Å²) in [6.07, 6.45) is 3.92. The summed E-state index contributed by atoms with van der Waals surface area (Å²) in [5, 5.41) is 0. The number of nitrogens with two attached hydrogens (primary N) is 1. The topological polar surface area (TPSA) is 70.1 Å². The van der Waals surface area contributed by atoms with Gasteiger partial charge in [-0.25, -0.2) is 4.79 Å². The standard InChI is InChI=1S/C13H19N3O2/c1-7-5-8(2)12-9(7)6-11(18-12)16-4-3-10(14)15-13(16)17/h3-4,7-9,11-12H,5-6H2,1-2H3,(H2,14,15,17)/t7-,8-,9+,11-,12-/m1/s1. The Kier molecular flexibility index (Phi) is 2.66. The number of aromatic nitrogens is 2. The largest absolute Gasteiger partial charge is 0.383 e. The first kappa shape index (κ1) is 11.7. The molecule has 98 valence electrons. The van der Waals surface area contributed by atoms with Crippen LogP contribution >= 0.6 is 0 Å². The fourth-order valence-electron chi connectivity index (χ4n) is 3.54. The number of anilines is 1. The molecule has 2 aliphatic rings. The van der Waals surface area contributed by atoms with Gasteiger partial charge in [0.2, 0.25) is 0 Å². The van der Waals surface area contributed by atoms with Crippen LogP contribution in [-0.2, 0) is 4.74 Å². The normalized spacial score (nSPS) is 38.9. The average molecular weight is 249 g/mol. The third-order valence-electron chi connectivity index (χ3n) is 4.41. The minimum atomic E-state index is -0.319. The Balaban J connectivity index is 1.86. The smallest absolute Gasteiger partial charge is 0.351 e. The Hall–Kier alpha value is -1.36. The monoisotopic (exact) mass is 249 g/mol. The predicted octanol–water partition coefficient (Wildman–Crippen LogP) is 1.41. The van der Waals surface area contributed by atoms with E-state index >= 15 is 0 Å². The molecular formula is C13H19N3O2. The first-order valence-corrected chi connectivity index (χ1v) is 6.56. The lowest BCUT2D eigenvalue weighted by Crippen LogP contribution is -2.28. The summed E-state index contributed by atoms with van der Waals surface area (Å²) in [6, 6.07) is 1.64. The third-order valence-corrected chi connectivity index (χ3v) is 4.41. The molecule has 2 fully saturated rings. The highest BCUT2D eigenvalue weighted by atomic mass is 16.5. The molecule has 1 saturated carbocycles. The minimum Gasteiger partial charge on any atom is -0.383 e. The van der Waals surface area contributed by atoms with E-state index in [4.69, 9.17) is 10.5 Å². The Morgan fingerprint density at radius 2 is 2.17 bits per heavy atom. The van der Waals surface area contributed by atoms with Gasteiger partial charge in [0.05, 0.1) is 6.10 Å². The Morgan fingerprint density at radius 1 is 1.39 bits per heavy atom. The summed E-state index contributed by atoms with van der Waals surface area (Å²) in [7, 11) is 0. The Labute approximate surface area is 106 Å². The SMILES string of the molecule is C[C@@H]1C[C@@H](C)[C@H]2O[C@@H](n3ccc(N)nc3=O)C[C@H]21. The number of nitrogen functional groups attached to an aromatic ring is 1. The Morgan fingerprint density at radius 3 is 2.83 bits per heavy atom. The third kappa shape index (κ3) is 1.73. The van der Waals surface area contributed by atoms with Crippen LogP contribution in [0.2, 0.25) is 0 Å². The van der Waals surface area contributed by atoms with E-state index in [-0.39, 0.29) is 23.8 Å². The fourth-order valence-corrected chi connectivity index (χ4v) is 3.54. The van der Waals surface area contributed by atoms with Crippen molar-refractivity contribution in [1.29, 1.82) is 0 Å². The van der Waals surface area contributed by atoms with Crippen molar-refractivity contribution in [2.45, 2.75) is 39.0 Å². The number of ether oxygens (including phenoxy) is 1. The van der Waals surface area contributed by atoms with Gasteiger partial charge in [-0.2, -0.15) is 4.98 Å². The molecule has 1 aliphatic heterocycles. The molecule has 0 amide bonds. The van der Waals surface area contributed by atoms with Crippen LogP contribution in [-0.4, -0.2) is 15.7 Å². The van der Waals surface area contributed by atoms with E-state index in [1.54, 1.807) is 16.8 Å². The average Bonchev–Trinajstić information content (AvgIpc) is 2.82. The highest BCUT2D eigenvalue weighted by molar-refractivity contribution is 5.23. The highest BCUT2D eigenvalue weighted by Gasteiger charge is 2.47. The minimum absolute atomic E-state index is 0.175.